The number of nitrogens with two attached hydrogens (primary N) is 1. The maximum Gasteiger partial charge on any atom is 0.222 e. The third-order valence-electron chi connectivity index (χ3n) is 4.04. The molecule has 0 bridgehead atoms. The first-order chi connectivity index (χ1) is 9.76. The van der Waals surface area contributed by atoms with E-state index in [0.29, 0.717) is 32.4 Å². The molecule has 118 valence electrons. The number of nitrogens with zero attached hydrogens (tertiary/aromatic N) is 2. The first kappa shape index (κ1) is 16.0. The number of aryl methyl sites for hydroxylation is 2. The van der Waals surface area contributed by atoms with Gasteiger partial charge >= 0.3 is 0 Å². The standard InChI is InChI=1S/C13H22N4O3S/c1-9-10(2)15-16-12(9)3-4-13(18)17-6-5-11(7-17)8-21(14,19)20/h11H,3-8H2,1-2H3,(H,15,16)(H2,14,19,20). The van der Waals surface area contributed by atoms with Crippen molar-refractivity contribution >= 4 is 15.9 Å². The zero-order valence-electron chi connectivity index (χ0n) is 12.4. The zero-order valence-corrected chi connectivity index (χ0v) is 13.2. The van der Waals surface area contributed by atoms with Crippen molar-refractivity contribution in [3.05, 3.63) is 17.0 Å². The van der Waals surface area contributed by atoms with E-state index < -0.39 is 10.0 Å². The number of rotatable bonds is 5. The molecule has 2 rings (SSSR count). The molecule has 0 aromatic carbocycles. The molecule has 1 aromatic rings. The van der Waals surface area contributed by atoms with Crippen LogP contribution in [0.15, 0.2) is 0 Å². The Kier molecular flexibility index (Phi) is 4.67. The largest absolute Gasteiger partial charge is 0.342 e. The van der Waals surface area contributed by atoms with Crippen LogP contribution in [0.1, 0.15) is 29.8 Å². The summed E-state index contributed by atoms with van der Waals surface area (Å²) in [5.41, 5.74) is 3.03. The second-order valence-corrected chi connectivity index (χ2v) is 7.40. The lowest BCUT2D eigenvalue weighted by Gasteiger charge is -2.16. The van der Waals surface area contributed by atoms with E-state index in [1.54, 1.807) is 4.90 Å². The molecule has 1 fully saturated rings. The minimum Gasteiger partial charge on any atom is -0.342 e. The minimum absolute atomic E-state index is 0.0432. The van der Waals surface area contributed by atoms with Crippen LogP contribution in [0.2, 0.25) is 0 Å². The number of sulfonamides is 1. The van der Waals surface area contributed by atoms with E-state index in [1.807, 2.05) is 13.8 Å². The van der Waals surface area contributed by atoms with E-state index in [4.69, 9.17) is 5.14 Å². The van der Waals surface area contributed by atoms with Crippen LogP contribution in [0.4, 0.5) is 0 Å². The van der Waals surface area contributed by atoms with Gasteiger partial charge in [-0.3, -0.25) is 9.89 Å². The number of carbonyl (C=O) groups excluding carboxylic acids is 1. The van der Waals surface area contributed by atoms with Gasteiger partial charge in [0.05, 0.1) is 11.4 Å². The van der Waals surface area contributed by atoms with Crippen LogP contribution >= 0.6 is 0 Å². The van der Waals surface area contributed by atoms with Gasteiger partial charge in [-0.25, -0.2) is 13.6 Å². The van der Waals surface area contributed by atoms with Crippen molar-refractivity contribution in [3.63, 3.8) is 0 Å². The van der Waals surface area contributed by atoms with Crippen molar-refractivity contribution in [2.24, 2.45) is 11.1 Å². The molecular formula is C13H22N4O3S. The minimum atomic E-state index is -3.47. The molecule has 1 amide bonds. The number of carbonyl (C=O) groups is 1. The van der Waals surface area contributed by atoms with E-state index in [-0.39, 0.29) is 17.6 Å². The van der Waals surface area contributed by atoms with E-state index in [9.17, 15) is 13.2 Å². The number of hydrogen-bond acceptors (Lipinski definition) is 4. The van der Waals surface area contributed by atoms with Crippen molar-refractivity contribution in [1.82, 2.24) is 15.1 Å². The summed E-state index contributed by atoms with van der Waals surface area (Å²) >= 11 is 0. The highest BCUT2D eigenvalue weighted by atomic mass is 32.2. The molecule has 1 aliphatic heterocycles. The topological polar surface area (TPSA) is 109 Å². The van der Waals surface area contributed by atoms with Crippen molar-refractivity contribution in [2.45, 2.75) is 33.1 Å². The molecule has 21 heavy (non-hydrogen) atoms. The van der Waals surface area contributed by atoms with Crippen LogP contribution in [-0.4, -0.2) is 48.3 Å². The Bertz CT molecular complexity index is 623. The van der Waals surface area contributed by atoms with Gasteiger partial charge in [-0.05, 0) is 31.7 Å². The zero-order chi connectivity index (χ0) is 15.6. The fraction of sp³-hybridized carbons (Fsp3) is 0.692. The third kappa shape index (κ3) is 4.28. The van der Waals surface area contributed by atoms with Gasteiger partial charge in [-0.15, -0.1) is 0 Å². The summed E-state index contributed by atoms with van der Waals surface area (Å²) in [5.74, 6) is -0.0423. The first-order valence-electron chi connectivity index (χ1n) is 7.05. The quantitative estimate of drug-likeness (QED) is 0.803. The van der Waals surface area contributed by atoms with Crippen LogP contribution in [0.25, 0.3) is 0 Å². The van der Waals surface area contributed by atoms with Crippen LogP contribution in [0.3, 0.4) is 0 Å². The molecule has 8 heteroatoms. The van der Waals surface area contributed by atoms with Crippen LogP contribution in [-0.2, 0) is 21.2 Å². The maximum atomic E-state index is 12.2. The van der Waals surface area contributed by atoms with Gasteiger partial charge in [-0.2, -0.15) is 5.10 Å². The van der Waals surface area contributed by atoms with Gasteiger partial charge in [-0.1, -0.05) is 0 Å². The summed E-state index contributed by atoms with van der Waals surface area (Å²) in [6, 6.07) is 0. The predicted octanol–water partition coefficient (Wildman–Crippen LogP) is 0.0961. The number of nitrogens with one attached hydrogen (secondary N) is 1. The summed E-state index contributed by atoms with van der Waals surface area (Å²) in [7, 11) is -3.47. The SMILES string of the molecule is Cc1[nH]nc(CCC(=O)N2CCC(CS(N)(=O)=O)C2)c1C. The van der Waals surface area contributed by atoms with Crippen molar-refractivity contribution < 1.29 is 13.2 Å². The molecule has 0 saturated carbocycles. The number of H-pyrrole nitrogens is 1. The summed E-state index contributed by atoms with van der Waals surface area (Å²) in [6.07, 6.45) is 1.70. The molecule has 1 aliphatic rings. The highest BCUT2D eigenvalue weighted by molar-refractivity contribution is 7.89. The highest BCUT2D eigenvalue weighted by Gasteiger charge is 2.28. The fourth-order valence-corrected chi connectivity index (χ4v) is 3.62. The van der Waals surface area contributed by atoms with Crippen LogP contribution < -0.4 is 5.14 Å². The Morgan fingerprint density at radius 2 is 2.19 bits per heavy atom. The number of likely N-dealkylation sites (tertiary alicyclic amines) is 1. The molecule has 1 atom stereocenters. The lowest BCUT2D eigenvalue weighted by atomic mass is 10.1. The van der Waals surface area contributed by atoms with Crippen molar-refractivity contribution in [1.29, 1.82) is 0 Å². The normalized spacial score (nSPS) is 19.2. The van der Waals surface area contributed by atoms with E-state index >= 15 is 0 Å². The number of primary sulfonamides is 1. The highest BCUT2D eigenvalue weighted by Crippen LogP contribution is 2.19. The average Bonchev–Trinajstić information content (AvgIpc) is 2.94. The maximum absolute atomic E-state index is 12.2. The Hall–Kier alpha value is -1.41. The third-order valence-corrected chi connectivity index (χ3v) is 4.97. The van der Waals surface area contributed by atoms with E-state index in [2.05, 4.69) is 10.2 Å². The number of aromatic nitrogens is 2. The fourth-order valence-electron chi connectivity index (χ4n) is 2.69. The first-order valence-corrected chi connectivity index (χ1v) is 8.76. The summed E-state index contributed by atoms with van der Waals surface area (Å²) in [6.45, 7) is 5.02. The van der Waals surface area contributed by atoms with Crippen molar-refractivity contribution in [2.75, 3.05) is 18.8 Å². The molecule has 0 radical (unpaired) electrons. The summed E-state index contributed by atoms with van der Waals surface area (Å²) in [4.78, 5) is 13.9. The van der Waals surface area contributed by atoms with Crippen molar-refractivity contribution in [3.8, 4) is 0 Å². The molecule has 1 saturated heterocycles. The van der Waals surface area contributed by atoms with Crippen LogP contribution in [0.5, 0.6) is 0 Å². The lowest BCUT2D eigenvalue weighted by molar-refractivity contribution is -0.130. The summed E-state index contributed by atoms with van der Waals surface area (Å²) in [5, 5.41) is 12.1. The number of amides is 1. The molecule has 1 aromatic heterocycles. The van der Waals surface area contributed by atoms with Gasteiger partial charge in [0.15, 0.2) is 0 Å². The Morgan fingerprint density at radius 3 is 2.76 bits per heavy atom. The van der Waals surface area contributed by atoms with E-state index in [0.717, 1.165) is 17.0 Å². The predicted molar refractivity (Wildman–Crippen MR) is 79.0 cm³/mol. The van der Waals surface area contributed by atoms with Gasteiger partial charge < -0.3 is 4.90 Å². The second kappa shape index (κ2) is 6.15. The van der Waals surface area contributed by atoms with Gasteiger partial charge in [0.25, 0.3) is 0 Å². The lowest BCUT2D eigenvalue weighted by Crippen LogP contribution is -2.31. The molecule has 0 spiro atoms. The second-order valence-electron chi connectivity index (χ2n) is 5.74. The molecule has 3 N–H and O–H groups in total. The number of hydrogen-bond donors (Lipinski definition) is 2. The van der Waals surface area contributed by atoms with Crippen LogP contribution in [0, 0.1) is 19.8 Å². The van der Waals surface area contributed by atoms with E-state index in [1.165, 1.54) is 0 Å². The Morgan fingerprint density at radius 1 is 1.48 bits per heavy atom. The molecule has 2 heterocycles. The van der Waals surface area contributed by atoms with Gasteiger partial charge in [0.2, 0.25) is 15.9 Å². The molecule has 1 unspecified atom stereocenters. The Labute approximate surface area is 124 Å². The number of aromatic amines is 1. The average molecular weight is 314 g/mol. The Balaban J connectivity index is 1.83. The smallest absolute Gasteiger partial charge is 0.222 e. The van der Waals surface area contributed by atoms with Gasteiger partial charge in [0.1, 0.15) is 0 Å². The molecular weight excluding hydrogens is 292 g/mol. The molecule has 7 nitrogen and oxygen atoms in total. The van der Waals surface area contributed by atoms with Gasteiger partial charge in [0, 0.05) is 31.6 Å². The molecule has 0 aliphatic carbocycles. The monoisotopic (exact) mass is 314 g/mol. The summed E-state index contributed by atoms with van der Waals surface area (Å²) < 4.78 is 22.2.